The van der Waals surface area contributed by atoms with Gasteiger partial charge in [-0.3, -0.25) is 4.79 Å². The molecule has 0 radical (unpaired) electrons. The van der Waals surface area contributed by atoms with E-state index in [-0.39, 0.29) is 5.91 Å². The topological polar surface area (TPSA) is 69.8 Å². The van der Waals surface area contributed by atoms with Gasteiger partial charge in [0.1, 0.15) is 0 Å². The summed E-state index contributed by atoms with van der Waals surface area (Å²) in [6, 6.07) is 5.87. The Bertz CT molecular complexity index is 592. The molecular formula is C15H18N4O. The van der Waals surface area contributed by atoms with Crippen molar-refractivity contribution in [2.45, 2.75) is 19.3 Å². The zero-order chi connectivity index (χ0) is 13.8. The van der Waals surface area contributed by atoms with Crippen LogP contribution in [0.4, 0.5) is 5.69 Å². The first-order valence-electron chi connectivity index (χ1n) is 6.96. The number of rotatable bonds is 4. The molecule has 5 heteroatoms. The number of nitrogens with one attached hydrogen (secondary N) is 3. The van der Waals surface area contributed by atoms with Gasteiger partial charge in [-0.25, -0.2) is 4.98 Å². The molecule has 0 spiro atoms. The number of hydrogen-bond donors (Lipinski definition) is 3. The first kappa shape index (κ1) is 12.7. The van der Waals surface area contributed by atoms with Gasteiger partial charge in [0.05, 0.1) is 6.33 Å². The Hall–Kier alpha value is -2.30. The van der Waals surface area contributed by atoms with Crippen molar-refractivity contribution >= 4 is 11.6 Å². The van der Waals surface area contributed by atoms with Gasteiger partial charge in [-0.2, -0.15) is 0 Å². The fraction of sp³-hybridized carbons (Fsp3) is 0.333. The fourth-order valence-electron chi connectivity index (χ4n) is 2.55. The van der Waals surface area contributed by atoms with E-state index in [9.17, 15) is 4.79 Å². The lowest BCUT2D eigenvalue weighted by molar-refractivity contribution is 0.0953. The second-order valence-electron chi connectivity index (χ2n) is 4.94. The number of amides is 1. The van der Waals surface area contributed by atoms with E-state index in [4.69, 9.17) is 0 Å². The highest BCUT2D eigenvalue weighted by Crippen LogP contribution is 2.25. The summed E-state index contributed by atoms with van der Waals surface area (Å²) >= 11 is 0. The number of imidazole rings is 1. The van der Waals surface area contributed by atoms with E-state index in [1.54, 1.807) is 12.5 Å². The van der Waals surface area contributed by atoms with Crippen LogP contribution in [0.2, 0.25) is 0 Å². The highest BCUT2D eigenvalue weighted by molar-refractivity contribution is 5.97. The van der Waals surface area contributed by atoms with Gasteiger partial charge in [0.15, 0.2) is 0 Å². The minimum Gasteiger partial charge on any atom is -0.385 e. The highest BCUT2D eigenvalue weighted by Gasteiger charge is 2.16. The lowest BCUT2D eigenvalue weighted by Gasteiger charge is -2.20. The standard InChI is InChI=1S/C15H18N4O/c20-15(18-8-6-11-9-16-10-19-11)13-3-1-5-14-12(13)4-2-7-17-14/h1,3,5,9-10,17H,2,4,6-8H2,(H,16,19)(H,18,20). The lowest BCUT2D eigenvalue weighted by Crippen LogP contribution is -2.28. The molecule has 104 valence electrons. The molecule has 0 saturated carbocycles. The van der Waals surface area contributed by atoms with Crippen molar-refractivity contribution < 1.29 is 4.79 Å². The normalized spacial score (nSPS) is 13.4. The summed E-state index contributed by atoms with van der Waals surface area (Å²) in [6.45, 7) is 1.59. The SMILES string of the molecule is O=C(NCCc1cnc[nH]1)c1cccc2c1CCCN2. The van der Waals surface area contributed by atoms with Crippen LogP contribution in [0.1, 0.15) is 28.0 Å². The molecule has 1 aliphatic heterocycles. The number of carbonyl (C=O) groups is 1. The smallest absolute Gasteiger partial charge is 0.251 e. The summed E-state index contributed by atoms with van der Waals surface area (Å²) in [6.07, 6.45) is 6.23. The predicted octanol–water partition coefficient (Wildman–Crippen LogP) is 1.74. The molecule has 3 rings (SSSR count). The van der Waals surface area contributed by atoms with Crippen LogP contribution in [0.3, 0.4) is 0 Å². The van der Waals surface area contributed by atoms with Crippen LogP contribution in [0, 0.1) is 0 Å². The number of aromatic amines is 1. The zero-order valence-electron chi connectivity index (χ0n) is 11.3. The van der Waals surface area contributed by atoms with E-state index in [0.29, 0.717) is 6.54 Å². The van der Waals surface area contributed by atoms with E-state index in [2.05, 4.69) is 20.6 Å². The molecule has 2 heterocycles. The Kier molecular flexibility index (Phi) is 3.67. The fourth-order valence-corrected chi connectivity index (χ4v) is 2.55. The monoisotopic (exact) mass is 270 g/mol. The van der Waals surface area contributed by atoms with Gasteiger partial charge >= 0.3 is 0 Å². The van der Waals surface area contributed by atoms with Crippen LogP contribution in [-0.2, 0) is 12.8 Å². The number of fused-ring (bicyclic) bond motifs is 1. The summed E-state index contributed by atoms with van der Waals surface area (Å²) in [7, 11) is 0. The maximum atomic E-state index is 12.3. The molecule has 0 aliphatic carbocycles. The second kappa shape index (κ2) is 5.77. The first-order chi connectivity index (χ1) is 9.84. The lowest BCUT2D eigenvalue weighted by atomic mass is 9.97. The van der Waals surface area contributed by atoms with Crippen LogP contribution in [0.25, 0.3) is 0 Å². The van der Waals surface area contributed by atoms with Crippen molar-refractivity contribution in [2.24, 2.45) is 0 Å². The quantitative estimate of drug-likeness (QED) is 0.792. The average molecular weight is 270 g/mol. The molecular weight excluding hydrogens is 252 g/mol. The number of nitrogens with zero attached hydrogens (tertiary/aromatic N) is 1. The van der Waals surface area contributed by atoms with Gasteiger partial charge in [-0.1, -0.05) is 6.07 Å². The molecule has 5 nitrogen and oxygen atoms in total. The number of benzene rings is 1. The zero-order valence-corrected chi connectivity index (χ0v) is 11.3. The molecule has 0 saturated heterocycles. The van der Waals surface area contributed by atoms with Crippen LogP contribution in [0.5, 0.6) is 0 Å². The molecule has 3 N–H and O–H groups in total. The third-order valence-corrected chi connectivity index (χ3v) is 3.57. The van der Waals surface area contributed by atoms with E-state index >= 15 is 0 Å². The van der Waals surface area contributed by atoms with Crippen molar-refractivity contribution in [1.29, 1.82) is 0 Å². The van der Waals surface area contributed by atoms with Gasteiger partial charge in [0, 0.05) is 42.7 Å². The molecule has 1 aliphatic rings. The summed E-state index contributed by atoms with van der Waals surface area (Å²) < 4.78 is 0. The Balaban J connectivity index is 1.65. The summed E-state index contributed by atoms with van der Waals surface area (Å²) in [5, 5.41) is 6.32. The van der Waals surface area contributed by atoms with Gasteiger partial charge in [-0.05, 0) is 30.5 Å². The largest absolute Gasteiger partial charge is 0.385 e. The molecule has 1 aromatic carbocycles. The molecule has 1 amide bonds. The summed E-state index contributed by atoms with van der Waals surface area (Å²) in [5.74, 6) is 0.00469. The maximum Gasteiger partial charge on any atom is 0.251 e. The minimum atomic E-state index is 0.00469. The number of H-pyrrole nitrogens is 1. The Morgan fingerprint density at radius 3 is 3.20 bits per heavy atom. The molecule has 0 atom stereocenters. The van der Waals surface area contributed by atoms with Gasteiger partial charge in [0.2, 0.25) is 0 Å². The third-order valence-electron chi connectivity index (χ3n) is 3.57. The van der Waals surface area contributed by atoms with Gasteiger partial charge < -0.3 is 15.6 Å². The van der Waals surface area contributed by atoms with Crippen molar-refractivity contribution in [3.63, 3.8) is 0 Å². The number of hydrogen-bond acceptors (Lipinski definition) is 3. The van der Waals surface area contributed by atoms with E-state index in [0.717, 1.165) is 48.3 Å². The molecule has 20 heavy (non-hydrogen) atoms. The van der Waals surface area contributed by atoms with Crippen molar-refractivity contribution in [3.05, 3.63) is 47.5 Å². The minimum absolute atomic E-state index is 0.00469. The molecule has 0 unspecified atom stereocenters. The Labute approximate surface area is 117 Å². The number of anilines is 1. The van der Waals surface area contributed by atoms with Gasteiger partial charge in [0.25, 0.3) is 5.91 Å². The van der Waals surface area contributed by atoms with E-state index < -0.39 is 0 Å². The Morgan fingerprint density at radius 1 is 1.40 bits per heavy atom. The second-order valence-corrected chi connectivity index (χ2v) is 4.94. The van der Waals surface area contributed by atoms with Crippen LogP contribution in [0.15, 0.2) is 30.7 Å². The summed E-state index contributed by atoms with van der Waals surface area (Å²) in [5.41, 5.74) is 4.05. The average Bonchev–Trinajstić information content (AvgIpc) is 3.00. The first-order valence-corrected chi connectivity index (χ1v) is 6.96. The number of aromatic nitrogens is 2. The van der Waals surface area contributed by atoms with Crippen molar-refractivity contribution in [1.82, 2.24) is 15.3 Å². The third kappa shape index (κ3) is 2.66. The predicted molar refractivity (Wildman–Crippen MR) is 77.9 cm³/mol. The van der Waals surface area contributed by atoms with Crippen molar-refractivity contribution in [2.75, 3.05) is 18.4 Å². The van der Waals surface area contributed by atoms with E-state index in [1.165, 1.54) is 0 Å². The number of carbonyl (C=O) groups excluding carboxylic acids is 1. The van der Waals surface area contributed by atoms with Gasteiger partial charge in [-0.15, -0.1) is 0 Å². The maximum absolute atomic E-state index is 12.3. The molecule has 1 aromatic heterocycles. The van der Waals surface area contributed by atoms with Crippen LogP contribution < -0.4 is 10.6 Å². The molecule has 2 aromatic rings. The van der Waals surface area contributed by atoms with Crippen molar-refractivity contribution in [3.8, 4) is 0 Å². The highest BCUT2D eigenvalue weighted by atomic mass is 16.1. The summed E-state index contributed by atoms with van der Waals surface area (Å²) in [4.78, 5) is 19.3. The Morgan fingerprint density at radius 2 is 2.35 bits per heavy atom. The van der Waals surface area contributed by atoms with Crippen LogP contribution >= 0.6 is 0 Å². The molecule has 0 fully saturated rings. The molecule has 0 bridgehead atoms. The van der Waals surface area contributed by atoms with E-state index in [1.807, 2.05) is 18.2 Å². The van der Waals surface area contributed by atoms with Crippen LogP contribution in [-0.4, -0.2) is 29.0 Å².